The van der Waals surface area contributed by atoms with Crippen LogP contribution in [-0.2, 0) is 18.4 Å². The van der Waals surface area contributed by atoms with Crippen LogP contribution < -0.4 is 5.32 Å². The van der Waals surface area contributed by atoms with Crippen LogP contribution in [-0.4, -0.2) is 73.4 Å². The number of aliphatic hydroxyl groups is 1. The van der Waals surface area contributed by atoms with Crippen LogP contribution in [0, 0.1) is 0 Å². The number of nitrogens with one attached hydrogen (secondary N) is 1. The summed E-state index contributed by atoms with van der Waals surface area (Å²) in [5, 5.41) is 13.7. The number of nitrogens with zero attached hydrogens (tertiary/aromatic N) is 1. The van der Waals surface area contributed by atoms with Gasteiger partial charge in [0.15, 0.2) is 0 Å². The number of phosphoric ester groups is 1. The van der Waals surface area contributed by atoms with E-state index in [2.05, 4.69) is 43.5 Å². The number of unbranched alkanes of at least 4 members (excludes halogenated alkanes) is 19. The van der Waals surface area contributed by atoms with Gasteiger partial charge in [-0.15, -0.1) is 0 Å². The summed E-state index contributed by atoms with van der Waals surface area (Å²) >= 11 is 0. The molecule has 0 aliphatic rings. The minimum atomic E-state index is -4.34. The van der Waals surface area contributed by atoms with E-state index in [1.807, 2.05) is 27.2 Å². The minimum absolute atomic E-state index is 0.0543. The maximum Gasteiger partial charge on any atom is 0.472 e. The van der Waals surface area contributed by atoms with Gasteiger partial charge in [0.05, 0.1) is 39.9 Å². The van der Waals surface area contributed by atoms with Crippen molar-refractivity contribution in [3.8, 4) is 0 Å². The Kier molecular flexibility index (Phi) is 32.7. The van der Waals surface area contributed by atoms with E-state index >= 15 is 0 Å². The molecule has 0 fully saturated rings. The maximum atomic E-state index is 12.8. The lowest BCUT2D eigenvalue weighted by Gasteiger charge is -2.25. The Hall–Kier alpha value is -1.28. The van der Waals surface area contributed by atoms with Crippen molar-refractivity contribution in [1.29, 1.82) is 0 Å². The molecular formula is C41H80N2O6P+. The topological polar surface area (TPSA) is 105 Å². The number of rotatable bonds is 36. The molecule has 0 aromatic rings. The Morgan fingerprint density at radius 3 is 1.60 bits per heavy atom. The summed E-state index contributed by atoms with van der Waals surface area (Å²) in [6, 6.07) is -0.864. The van der Waals surface area contributed by atoms with Crippen molar-refractivity contribution in [1.82, 2.24) is 5.32 Å². The van der Waals surface area contributed by atoms with Gasteiger partial charge in [-0.1, -0.05) is 140 Å². The fraction of sp³-hybridized carbons (Fsp3) is 0.829. The van der Waals surface area contributed by atoms with Crippen LogP contribution in [0.25, 0.3) is 0 Å². The van der Waals surface area contributed by atoms with Gasteiger partial charge in [0.25, 0.3) is 0 Å². The third-order valence-corrected chi connectivity index (χ3v) is 9.82. The zero-order chi connectivity index (χ0) is 37.2. The number of hydrogen-bond donors (Lipinski definition) is 3. The molecule has 0 aliphatic heterocycles. The molecule has 0 radical (unpaired) electrons. The van der Waals surface area contributed by atoms with E-state index in [-0.39, 0.29) is 19.1 Å². The van der Waals surface area contributed by atoms with Gasteiger partial charge in [-0.25, -0.2) is 4.57 Å². The number of aliphatic hydroxyl groups excluding tert-OH is 1. The monoisotopic (exact) mass is 728 g/mol. The number of carbonyl (C=O) groups excluding carboxylic acids is 1. The molecule has 9 heteroatoms. The zero-order valence-electron chi connectivity index (χ0n) is 33.1. The highest BCUT2D eigenvalue weighted by molar-refractivity contribution is 7.47. The van der Waals surface area contributed by atoms with Crippen molar-refractivity contribution < 1.29 is 32.9 Å². The summed E-state index contributed by atoms with van der Waals surface area (Å²) < 4.78 is 23.5. The normalized spacial score (nSPS) is 14.9. The molecule has 0 heterocycles. The van der Waals surface area contributed by atoms with Crippen molar-refractivity contribution >= 4 is 13.7 Å². The van der Waals surface area contributed by atoms with Gasteiger partial charge < -0.3 is 19.8 Å². The molecule has 0 saturated heterocycles. The van der Waals surface area contributed by atoms with Gasteiger partial charge in [-0.05, 0) is 57.8 Å². The number of hydrogen-bond acceptors (Lipinski definition) is 5. The standard InChI is InChI=1S/C41H79N2O6P/c1-6-8-10-12-14-16-18-20-21-23-25-27-29-31-33-35-41(45)42-39(38-49-50(46,47)48-37-36-43(3,4)5)40(44)34-32-30-28-26-24-22-19-17-15-13-11-9-7-2/h20-21,24,26,32,34,39-40,44H,6-19,22-23,25,27-31,33,35-38H2,1-5H3,(H-,42,45,46,47)/p+1/b21-20-,26-24+,34-32+. The van der Waals surface area contributed by atoms with Gasteiger partial charge in [-0.3, -0.25) is 13.8 Å². The second kappa shape index (κ2) is 33.5. The van der Waals surface area contributed by atoms with Gasteiger partial charge >= 0.3 is 7.82 Å². The van der Waals surface area contributed by atoms with Gasteiger partial charge in [-0.2, -0.15) is 0 Å². The molecule has 0 aliphatic carbocycles. The fourth-order valence-electron chi connectivity index (χ4n) is 5.52. The first kappa shape index (κ1) is 48.7. The lowest BCUT2D eigenvalue weighted by Crippen LogP contribution is -2.45. The first-order valence-corrected chi connectivity index (χ1v) is 21.9. The number of quaternary nitrogens is 1. The fourth-order valence-corrected chi connectivity index (χ4v) is 6.26. The van der Waals surface area contributed by atoms with Crippen LogP contribution in [0.15, 0.2) is 36.5 Å². The highest BCUT2D eigenvalue weighted by Crippen LogP contribution is 2.43. The summed E-state index contributed by atoms with van der Waals surface area (Å²) in [5.74, 6) is -0.198. The minimum Gasteiger partial charge on any atom is -0.387 e. The third kappa shape index (κ3) is 35.1. The molecule has 0 saturated carbocycles. The van der Waals surface area contributed by atoms with Crippen LogP contribution in [0.2, 0.25) is 0 Å². The second-order valence-corrected chi connectivity index (χ2v) is 16.5. The smallest absolute Gasteiger partial charge is 0.387 e. The lowest BCUT2D eigenvalue weighted by atomic mass is 10.1. The van der Waals surface area contributed by atoms with Crippen molar-refractivity contribution in [2.24, 2.45) is 0 Å². The first-order chi connectivity index (χ1) is 24.0. The van der Waals surface area contributed by atoms with Crippen LogP contribution in [0.5, 0.6) is 0 Å². The third-order valence-electron chi connectivity index (χ3n) is 8.83. The Labute approximate surface area is 308 Å². The Balaban J connectivity index is 4.56. The second-order valence-electron chi connectivity index (χ2n) is 15.0. The van der Waals surface area contributed by atoms with Crippen molar-refractivity contribution in [2.75, 3.05) is 40.9 Å². The Morgan fingerprint density at radius 2 is 1.10 bits per heavy atom. The number of likely N-dealkylation sites (N-methyl/N-ethyl adjacent to an activating group) is 1. The van der Waals surface area contributed by atoms with E-state index in [1.54, 1.807) is 6.08 Å². The molecular weight excluding hydrogens is 647 g/mol. The average molecular weight is 728 g/mol. The van der Waals surface area contributed by atoms with Crippen LogP contribution in [0.1, 0.15) is 168 Å². The molecule has 3 unspecified atom stereocenters. The van der Waals surface area contributed by atoms with Gasteiger partial charge in [0.2, 0.25) is 5.91 Å². The van der Waals surface area contributed by atoms with Crippen LogP contribution >= 0.6 is 7.82 Å². The number of phosphoric acid groups is 1. The van der Waals surface area contributed by atoms with Crippen molar-refractivity contribution in [3.63, 3.8) is 0 Å². The van der Waals surface area contributed by atoms with E-state index in [1.165, 1.54) is 96.3 Å². The lowest BCUT2D eigenvalue weighted by molar-refractivity contribution is -0.870. The van der Waals surface area contributed by atoms with E-state index in [0.717, 1.165) is 51.4 Å². The van der Waals surface area contributed by atoms with Crippen molar-refractivity contribution in [3.05, 3.63) is 36.5 Å². The quantitative estimate of drug-likeness (QED) is 0.0257. The molecule has 0 aromatic carbocycles. The Morgan fingerprint density at radius 1 is 0.660 bits per heavy atom. The van der Waals surface area contributed by atoms with Gasteiger partial charge in [0, 0.05) is 6.42 Å². The SMILES string of the molecule is CCCCCCCC/C=C\CCCCCCCC(=O)NC(COP(=O)(O)OCC[N+](C)(C)C)C(O)/C=C/CC/C=C/CCCCCCCCC. The molecule has 8 nitrogen and oxygen atoms in total. The van der Waals surface area contributed by atoms with Gasteiger partial charge in [0.1, 0.15) is 13.2 Å². The van der Waals surface area contributed by atoms with E-state index < -0.39 is 20.0 Å². The summed E-state index contributed by atoms with van der Waals surface area (Å²) in [5.41, 5.74) is 0. The number of amides is 1. The molecule has 0 spiro atoms. The summed E-state index contributed by atoms with van der Waals surface area (Å²) in [6.07, 6.45) is 39.2. The highest BCUT2D eigenvalue weighted by Gasteiger charge is 2.27. The molecule has 294 valence electrons. The number of allylic oxidation sites excluding steroid dienone is 5. The van der Waals surface area contributed by atoms with E-state index in [4.69, 9.17) is 9.05 Å². The average Bonchev–Trinajstić information content (AvgIpc) is 3.06. The molecule has 3 N–H and O–H groups in total. The molecule has 0 bridgehead atoms. The molecule has 3 atom stereocenters. The summed E-state index contributed by atoms with van der Waals surface area (Å²) in [7, 11) is 1.54. The van der Waals surface area contributed by atoms with Crippen molar-refractivity contribution in [2.45, 2.75) is 180 Å². The Bertz CT molecular complexity index is 917. The van der Waals surface area contributed by atoms with E-state index in [0.29, 0.717) is 17.4 Å². The maximum absolute atomic E-state index is 12.8. The van der Waals surface area contributed by atoms with E-state index in [9.17, 15) is 19.4 Å². The molecule has 0 aromatic heterocycles. The summed E-state index contributed by atoms with van der Waals surface area (Å²) in [4.78, 5) is 23.0. The van der Waals surface area contributed by atoms with Crippen LogP contribution in [0.4, 0.5) is 0 Å². The molecule has 1 amide bonds. The molecule has 50 heavy (non-hydrogen) atoms. The first-order valence-electron chi connectivity index (χ1n) is 20.4. The number of carbonyl (C=O) groups is 1. The largest absolute Gasteiger partial charge is 0.472 e. The van der Waals surface area contributed by atoms with Crippen LogP contribution in [0.3, 0.4) is 0 Å². The summed E-state index contributed by atoms with van der Waals surface area (Å²) in [6.45, 7) is 4.75. The predicted molar refractivity (Wildman–Crippen MR) is 212 cm³/mol. The molecule has 0 rings (SSSR count). The zero-order valence-corrected chi connectivity index (χ0v) is 34.0. The highest BCUT2D eigenvalue weighted by atomic mass is 31.2. The predicted octanol–water partition coefficient (Wildman–Crippen LogP) is 10.7.